The van der Waals surface area contributed by atoms with E-state index in [1.807, 2.05) is 25.1 Å². The van der Waals surface area contributed by atoms with Gasteiger partial charge in [-0.05, 0) is 43.9 Å². The minimum absolute atomic E-state index is 0.0904. The number of hydrogen-bond donors (Lipinski definition) is 2. The second-order valence-corrected chi connectivity index (χ2v) is 6.02. The molecule has 1 aromatic rings. The van der Waals surface area contributed by atoms with E-state index in [-0.39, 0.29) is 5.91 Å². The fourth-order valence-corrected chi connectivity index (χ4v) is 2.72. The molecule has 3 N–H and O–H groups in total. The maximum atomic E-state index is 12.5. The topological polar surface area (TPSA) is 64.3 Å². The van der Waals surface area contributed by atoms with Crippen molar-refractivity contribution < 1.29 is 9.53 Å². The van der Waals surface area contributed by atoms with E-state index in [4.69, 9.17) is 10.5 Å². The van der Waals surface area contributed by atoms with E-state index in [2.05, 4.69) is 12.2 Å². The van der Waals surface area contributed by atoms with E-state index in [1.54, 1.807) is 0 Å². The summed E-state index contributed by atoms with van der Waals surface area (Å²) in [5.74, 6) is 0.636. The summed E-state index contributed by atoms with van der Waals surface area (Å²) >= 11 is 0. The first-order chi connectivity index (χ1) is 10.0. The van der Waals surface area contributed by atoms with Gasteiger partial charge in [-0.15, -0.1) is 0 Å². The molecule has 0 unspecified atom stereocenters. The van der Waals surface area contributed by atoms with Crippen LogP contribution in [0.3, 0.4) is 0 Å². The van der Waals surface area contributed by atoms with Crippen LogP contribution >= 0.6 is 0 Å². The molecule has 1 amide bonds. The maximum Gasteiger partial charge on any atom is 0.244 e. The molecule has 0 aromatic heterocycles. The summed E-state index contributed by atoms with van der Waals surface area (Å²) in [5, 5.41) is 2.97. The monoisotopic (exact) mass is 290 g/mol. The van der Waals surface area contributed by atoms with Gasteiger partial charge in [0.15, 0.2) is 0 Å². The number of carbonyl (C=O) groups excluding carboxylic acids is 1. The van der Waals surface area contributed by atoms with Gasteiger partial charge < -0.3 is 15.8 Å². The Kier molecular flexibility index (Phi) is 5.23. The smallest absolute Gasteiger partial charge is 0.244 e. The van der Waals surface area contributed by atoms with Gasteiger partial charge in [0.1, 0.15) is 5.75 Å². The molecule has 0 radical (unpaired) electrons. The molecule has 0 saturated heterocycles. The highest BCUT2D eigenvalue weighted by Gasteiger charge is 2.35. The molecule has 0 aliphatic heterocycles. The van der Waals surface area contributed by atoms with Gasteiger partial charge in [-0.25, -0.2) is 0 Å². The predicted octanol–water partition coefficient (Wildman–Crippen LogP) is 3.38. The largest absolute Gasteiger partial charge is 0.491 e. The first-order valence-corrected chi connectivity index (χ1v) is 7.89. The Balaban J connectivity index is 2.12. The number of nitrogens with two attached hydrogens (primary N) is 1. The minimum Gasteiger partial charge on any atom is -0.491 e. The van der Waals surface area contributed by atoms with Crippen molar-refractivity contribution in [2.75, 3.05) is 11.9 Å². The lowest BCUT2D eigenvalue weighted by atomic mass is 9.82. The van der Waals surface area contributed by atoms with Crippen LogP contribution in [0.5, 0.6) is 5.75 Å². The standard InChI is InChI=1S/C17H26N2O2/c1-3-11-21-15-12-13(2)7-8-14(15)19-16(20)17(18)9-5-4-6-10-17/h7-8,12H,3-6,9-11,18H2,1-2H3,(H,19,20). The van der Waals surface area contributed by atoms with E-state index in [9.17, 15) is 4.79 Å². The van der Waals surface area contributed by atoms with Crippen LogP contribution in [0.25, 0.3) is 0 Å². The highest BCUT2D eigenvalue weighted by atomic mass is 16.5. The van der Waals surface area contributed by atoms with Crippen LogP contribution in [0.4, 0.5) is 5.69 Å². The summed E-state index contributed by atoms with van der Waals surface area (Å²) in [6.07, 6.45) is 5.67. The number of benzene rings is 1. The molecule has 0 heterocycles. The fourth-order valence-electron chi connectivity index (χ4n) is 2.72. The highest BCUT2D eigenvalue weighted by molar-refractivity contribution is 5.99. The molecule has 0 atom stereocenters. The van der Waals surface area contributed by atoms with Crippen molar-refractivity contribution in [2.24, 2.45) is 5.73 Å². The van der Waals surface area contributed by atoms with Crippen molar-refractivity contribution in [3.05, 3.63) is 23.8 Å². The van der Waals surface area contributed by atoms with Crippen molar-refractivity contribution in [1.29, 1.82) is 0 Å². The van der Waals surface area contributed by atoms with Gasteiger partial charge in [0.25, 0.3) is 0 Å². The normalized spacial score (nSPS) is 17.3. The summed E-state index contributed by atoms with van der Waals surface area (Å²) in [7, 11) is 0. The quantitative estimate of drug-likeness (QED) is 0.873. The van der Waals surface area contributed by atoms with Crippen LogP contribution in [-0.2, 0) is 4.79 Å². The van der Waals surface area contributed by atoms with E-state index >= 15 is 0 Å². The summed E-state index contributed by atoms with van der Waals surface area (Å²) in [5.41, 5.74) is 7.37. The van der Waals surface area contributed by atoms with Crippen LogP contribution in [0.2, 0.25) is 0 Å². The molecule has 4 heteroatoms. The van der Waals surface area contributed by atoms with Gasteiger partial charge in [-0.2, -0.15) is 0 Å². The third kappa shape index (κ3) is 3.97. The summed E-state index contributed by atoms with van der Waals surface area (Å²) in [6, 6.07) is 5.82. The zero-order valence-corrected chi connectivity index (χ0v) is 13.1. The van der Waals surface area contributed by atoms with Crippen LogP contribution in [0.1, 0.15) is 51.0 Å². The average molecular weight is 290 g/mol. The van der Waals surface area contributed by atoms with Crippen LogP contribution < -0.4 is 15.8 Å². The zero-order valence-electron chi connectivity index (χ0n) is 13.1. The lowest BCUT2D eigenvalue weighted by Crippen LogP contribution is -2.52. The minimum atomic E-state index is -0.731. The second-order valence-electron chi connectivity index (χ2n) is 6.02. The molecule has 4 nitrogen and oxygen atoms in total. The van der Waals surface area contributed by atoms with Crippen molar-refractivity contribution in [3.8, 4) is 5.75 Å². The zero-order chi connectivity index (χ0) is 15.3. The Morgan fingerprint density at radius 3 is 2.71 bits per heavy atom. The number of hydrogen-bond acceptors (Lipinski definition) is 3. The number of anilines is 1. The van der Waals surface area contributed by atoms with Gasteiger partial charge in [-0.1, -0.05) is 32.3 Å². The molecule has 116 valence electrons. The molecule has 1 saturated carbocycles. The van der Waals surface area contributed by atoms with Crippen LogP contribution in [0.15, 0.2) is 18.2 Å². The number of carbonyl (C=O) groups is 1. The van der Waals surface area contributed by atoms with Gasteiger partial charge >= 0.3 is 0 Å². The van der Waals surface area contributed by atoms with Crippen molar-refractivity contribution in [1.82, 2.24) is 0 Å². The maximum absolute atomic E-state index is 12.5. The molecule has 1 fully saturated rings. The molecule has 0 spiro atoms. The number of aryl methyl sites for hydroxylation is 1. The van der Waals surface area contributed by atoms with Gasteiger partial charge in [0.2, 0.25) is 5.91 Å². The number of amides is 1. The average Bonchev–Trinajstić information content (AvgIpc) is 2.48. The van der Waals surface area contributed by atoms with Gasteiger partial charge in [-0.3, -0.25) is 4.79 Å². The van der Waals surface area contributed by atoms with Crippen LogP contribution in [0, 0.1) is 6.92 Å². The number of rotatable bonds is 5. The lowest BCUT2D eigenvalue weighted by Gasteiger charge is -2.32. The molecule has 2 rings (SSSR count). The third-order valence-electron chi connectivity index (χ3n) is 4.04. The summed E-state index contributed by atoms with van der Waals surface area (Å²) in [4.78, 5) is 12.5. The van der Waals surface area contributed by atoms with E-state index in [0.717, 1.165) is 49.1 Å². The van der Waals surface area contributed by atoms with Gasteiger partial charge in [0.05, 0.1) is 17.8 Å². The Morgan fingerprint density at radius 2 is 2.05 bits per heavy atom. The van der Waals surface area contributed by atoms with Crippen molar-refractivity contribution >= 4 is 11.6 Å². The van der Waals surface area contributed by atoms with Gasteiger partial charge in [0, 0.05) is 0 Å². The highest BCUT2D eigenvalue weighted by Crippen LogP contribution is 2.30. The fraction of sp³-hybridized carbons (Fsp3) is 0.588. The summed E-state index contributed by atoms with van der Waals surface area (Å²) < 4.78 is 5.73. The first kappa shape index (κ1) is 15.8. The Labute approximate surface area is 127 Å². The Hall–Kier alpha value is -1.55. The van der Waals surface area contributed by atoms with E-state index < -0.39 is 5.54 Å². The summed E-state index contributed by atoms with van der Waals surface area (Å²) in [6.45, 7) is 4.71. The van der Waals surface area contributed by atoms with E-state index in [0.29, 0.717) is 6.61 Å². The van der Waals surface area contributed by atoms with Crippen molar-refractivity contribution in [3.63, 3.8) is 0 Å². The molecule has 0 bridgehead atoms. The van der Waals surface area contributed by atoms with E-state index in [1.165, 1.54) is 6.42 Å². The van der Waals surface area contributed by atoms with Crippen molar-refractivity contribution in [2.45, 2.75) is 57.9 Å². The second kappa shape index (κ2) is 6.94. The third-order valence-corrected chi connectivity index (χ3v) is 4.04. The molecule has 1 aliphatic carbocycles. The van der Waals surface area contributed by atoms with Crippen LogP contribution in [-0.4, -0.2) is 18.1 Å². The molecule has 21 heavy (non-hydrogen) atoms. The predicted molar refractivity (Wildman–Crippen MR) is 85.6 cm³/mol. The molecule has 1 aromatic carbocycles. The first-order valence-electron chi connectivity index (χ1n) is 7.89. The Bertz CT molecular complexity index is 494. The SMILES string of the molecule is CCCOc1cc(C)ccc1NC(=O)C1(N)CCCCC1. The number of ether oxygens (including phenoxy) is 1. The number of nitrogens with one attached hydrogen (secondary N) is 1. The Morgan fingerprint density at radius 1 is 1.33 bits per heavy atom. The lowest BCUT2D eigenvalue weighted by molar-refractivity contribution is -0.122. The molecular formula is C17H26N2O2. The molecular weight excluding hydrogens is 264 g/mol. The molecule has 1 aliphatic rings.